The van der Waals surface area contributed by atoms with Crippen LogP contribution >= 0.6 is 11.8 Å². The minimum atomic E-state index is -0.659. The second-order valence-corrected chi connectivity index (χ2v) is 5.82. The number of nitrogens with two attached hydrogens (primary N) is 1. The van der Waals surface area contributed by atoms with Crippen LogP contribution in [0.15, 0.2) is 29.2 Å². The largest absolute Gasteiger partial charge is 0.314 e. The molecule has 0 heterocycles. The average Bonchev–Trinajstić information content (AvgIpc) is 2.29. The first-order chi connectivity index (χ1) is 8.03. The van der Waals surface area contributed by atoms with Crippen LogP contribution in [0.5, 0.6) is 0 Å². The van der Waals surface area contributed by atoms with E-state index in [-0.39, 0.29) is 0 Å². The number of thioether (sulfide) groups is 1. The number of nitrogens with zero attached hydrogens (tertiary/aromatic N) is 1. The molecule has 2 N–H and O–H groups in total. The van der Waals surface area contributed by atoms with Crippen LogP contribution in [-0.4, -0.2) is 11.3 Å². The molecule has 1 aromatic rings. The van der Waals surface area contributed by atoms with Gasteiger partial charge in [-0.05, 0) is 51.0 Å². The van der Waals surface area contributed by atoms with Crippen LogP contribution in [0.3, 0.4) is 0 Å². The predicted octanol–water partition coefficient (Wildman–Crippen LogP) is 3.50. The summed E-state index contributed by atoms with van der Waals surface area (Å²) < 4.78 is 0. The van der Waals surface area contributed by atoms with Gasteiger partial charge in [0.2, 0.25) is 0 Å². The molecule has 0 aliphatic carbocycles. The van der Waals surface area contributed by atoms with E-state index < -0.39 is 5.54 Å². The highest BCUT2D eigenvalue weighted by atomic mass is 32.2. The molecule has 0 bridgehead atoms. The third-order valence-corrected chi connectivity index (χ3v) is 3.68. The van der Waals surface area contributed by atoms with E-state index in [1.165, 1.54) is 10.5 Å². The third-order valence-electron chi connectivity index (χ3n) is 2.60. The number of rotatable bonds is 6. The second kappa shape index (κ2) is 6.68. The van der Waals surface area contributed by atoms with Crippen molar-refractivity contribution in [1.82, 2.24) is 0 Å². The molecule has 1 aromatic carbocycles. The quantitative estimate of drug-likeness (QED) is 0.619. The van der Waals surface area contributed by atoms with Gasteiger partial charge in [0.05, 0.1) is 6.07 Å². The van der Waals surface area contributed by atoms with Gasteiger partial charge in [-0.25, -0.2) is 0 Å². The Kier molecular flexibility index (Phi) is 5.54. The fraction of sp³-hybridized carbons (Fsp3) is 0.500. The maximum atomic E-state index is 8.78. The molecule has 1 rings (SSSR count). The summed E-state index contributed by atoms with van der Waals surface area (Å²) >= 11 is 1.87. The highest BCUT2D eigenvalue weighted by Crippen LogP contribution is 2.21. The molecular weight excluding hydrogens is 228 g/mol. The number of aryl methyl sites for hydroxylation is 1. The summed E-state index contributed by atoms with van der Waals surface area (Å²) in [4.78, 5) is 1.32. The van der Waals surface area contributed by atoms with Crippen molar-refractivity contribution in [2.45, 2.75) is 43.5 Å². The Labute approximate surface area is 108 Å². The maximum absolute atomic E-state index is 8.78. The van der Waals surface area contributed by atoms with Crippen LogP contribution in [0.25, 0.3) is 0 Å². The molecule has 1 unspecified atom stereocenters. The first-order valence-electron chi connectivity index (χ1n) is 5.93. The van der Waals surface area contributed by atoms with E-state index in [2.05, 4.69) is 37.3 Å². The van der Waals surface area contributed by atoms with Gasteiger partial charge in [-0.15, -0.1) is 11.8 Å². The summed E-state index contributed by atoms with van der Waals surface area (Å²) in [6.45, 7) is 3.90. The van der Waals surface area contributed by atoms with Crippen molar-refractivity contribution in [3.05, 3.63) is 29.8 Å². The third kappa shape index (κ3) is 5.76. The molecule has 0 saturated carbocycles. The van der Waals surface area contributed by atoms with Crippen LogP contribution in [0.4, 0.5) is 0 Å². The number of benzene rings is 1. The Morgan fingerprint density at radius 3 is 2.82 bits per heavy atom. The zero-order valence-electron chi connectivity index (χ0n) is 10.6. The molecule has 17 heavy (non-hydrogen) atoms. The lowest BCUT2D eigenvalue weighted by atomic mass is 9.99. The van der Waals surface area contributed by atoms with Crippen molar-refractivity contribution in [1.29, 1.82) is 5.26 Å². The molecule has 0 amide bonds. The van der Waals surface area contributed by atoms with E-state index in [1.807, 2.05) is 11.8 Å². The van der Waals surface area contributed by atoms with Crippen molar-refractivity contribution in [2.24, 2.45) is 5.73 Å². The van der Waals surface area contributed by atoms with E-state index in [9.17, 15) is 0 Å². The van der Waals surface area contributed by atoms with Crippen molar-refractivity contribution in [3.8, 4) is 6.07 Å². The topological polar surface area (TPSA) is 49.8 Å². The fourth-order valence-corrected chi connectivity index (χ4v) is 2.57. The van der Waals surface area contributed by atoms with Crippen LogP contribution in [-0.2, 0) is 0 Å². The molecule has 0 aliphatic rings. The zero-order valence-corrected chi connectivity index (χ0v) is 11.4. The Balaban J connectivity index is 2.19. The molecule has 0 aromatic heterocycles. The second-order valence-electron chi connectivity index (χ2n) is 4.65. The van der Waals surface area contributed by atoms with Gasteiger partial charge >= 0.3 is 0 Å². The maximum Gasteiger partial charge on any atom is 0.101 e. The Bertz CT molecular complexity index is 393. The molecule has 0 spiro atoms. The highest BCUT2D eigenvalue weighted by molar-refractivity contribution is 7.99. The van der Waals surface area contributed by atoms with Gasteiger partial charge in [0.15, 0.2) is 0 Å². The SMILES string of the molecule is Cc1cccc(SCCCCC(C)(N)C#N)c1. The lowest BCUT2D eigenvalue weighted by molar-refractivity contribution is 0.519. The molecule has 0 fully saturated rings. The molecule has 2 nitrogen and oxygen atoms in total. The van der Waals surface area contributed by atoms with Crippen LogP contribution in [0, 0.1) is 18.3 Å². The van der Waals surface area contributed by atoms with E-state index in [0.717, 1.165) is 25.0 Å². The summed E-state index contributed by atoms with van der Waals surface area (Å²) in [5, 5.41) is 8.78. The van der Waals surface area contributed by atoms with Crippen LogP contribution < -0.4 is 5.73 Å². The molecule has 1 atom stereocenters. The van der Waals surface area contributed by atoms with Gasteiger partial charge in [0.25, 0.3) is 0 Å². The molecular formula is C14H20N2S. The lowest BCUT2D eigenvalue weighted by Gasteiger charge is -2.14. The monoisotopic (exact) mass is 248 g/mol. The average molecular weight is 248 g/mol. The summed E-state index contributed by atoms with van der Waals surface area (Å²) in [5.41, 5.74) is 6.40. The lowest BCUT2D eigenvalue weighted by Crippen LogP contribution is -2.33. The van der Waals surface area contributed by atoms with Gasteiger partial charge < -0.3 is 5.73 Å². The smallest absolute Gasteiger partial charge is 0.101 e. The van der Waals surface area contributed by atoms with E-state index in [1.54, 1.807) is 6.92 Å². The molecule has 92 valence electrons. The van der Waals surface area contributed by atoms with Gasteiger partial charge in [-0.3, -0.25) is 0 Å². The van der Waals surface area contributed by atoms with Gasteiger partial charge in [-0.2, -0.15) is 5.26 Å². The fourth-order valence-electron chi connectivity index (χ4n) is 1.55. The van der Waals surface area contributed by atoms with Crippen molar-refractivity contribution in [3.63, 3.8) is 0 Å². The van der Waals surface area contributed by atoms with Crippen molar-refractivity contribution >= 4 is 11.8 Å². The van der Waals surface area contributed by atoms with Crippen molar-refractivity contribution < 1.29 is 0 Å². The van der Waals surface area contributed by atoms with Crippen LogP contribution in [0.2, 0.25) is 0 Å². The highest BCUT2D eigenvalue weighted by Gasteiger charge is 2.15. The van der Waals surface area contributed by atoms with E-state index in [0.29, 0.717) is 0 Å². The van der Waals surface area contributed by atoms with E-state index >= 15 is 0 Å². The zero-order chi connectivity index (χ0) is 12.7. The summed E-state index contributed by atoms with van der Waals surface area (Å²) in [7, 11) is 0. The normalized spacial score (nSPS) is 14.0. The number of nitriles is 1. The Morgan fingerprint density at radius 2 is 2.18 bits per heavy atom. The number of hydrogen-bond donors (Lipinski definition) is 1. The van der Waals surface area contributed by atoms with Gasteiger partial charge in [-0.1, -0.05) is 17.7 Å². The van der Waals surface area contributed by atoms with E-state index in [4.69, 9.17) is 11.0 Å². The molecule has 3 heteroatoms. The summed E-state index contributed by atoms with van der Waals surface area (Å²) in [6.07, 6.45) is 2.89. The molecule has 0 radical (unpaired) electrons. The molecule has 0 saturated heterocycles. The Morgan fingerprint density at radius 1 is 1.41 bits per heavy atom. The summed E-state index contributed by atoms with van der Waals surface area (Å²) in [5.74, 6) is 1.09. The first-order valence-corrected chi connectivity index (χ1v) is 6.92. The Hall–Kier alpha value is -0.980. The predicted molar refractivity (Wildman–Crippen MR) is 74.0 cm³/mol. The number of unbranched alkanes of at least 4 members (excludes halogenated alkanes) is 1. The van der Waals surface area contributed by atoms with Crippen molar-refractivity contribution in [2.75, 3.05) is 5.75 Å². The minimum Gasteiger partial charge on any atom is -0.314 e. The molecule has 0 aliphatic heterocycles. The van der Waals surface area contributed by atoms with Crippen LogP contribution in [0.1, 0.15) is 31.7 Å². The van der Waals surface area contributed by atoms with Gasteiger partial charge in [0, 0.05) is 4.90 Å². The standard InChI is InChI=1S/C14H20N2S/c1-12-6-5-7-13(10-12)17-9-4-3-8-14(2,16)11-15/h5-7,10H,3-4,8-9,16H2,1-2H3. The first kappa shape index (κ1) is 14.1. The van der Waals surface area contributed by atoms with Gasteiger partial charge in [0.1, 0.15) is 5.54 Å². The minimum absolute atomic E-state index is 0.659. The number of hydrogen-bond acceptors (Lipinski definition) is 3. The summed E-state index contributed by atoms with van der Waals surface area (Å²) in [6, 6.07) is 10.7.